The minimum atomic E-state index is -1.01. The Morgan fingerprint density at radius 2 is 1.67 bits per heavy atom. The Morgan fingerprint density at radius 1 is 1.02 bits per heavy atom. The third-order valence-electron chi connectivity index (χ3n) is 11.3. The highest BCUT2D eigenvalue weighted by atomic mass is 16.5. The molecule has 0 radical (unpaired) electrons. The smallest absolute Gasteiger partial charge is 0.406 e. The van der Waals surface area contributed by atoms with Crippen molar-refractivity contribution < 1.29 is 33.5 Å². The van der Waals surface area contributed by atoms with Gasteiger partial charge < -0.3 is 36.2 Å². The van der Waals surface area contributed by atoms with Gasteiger partial charge in [-0.15, -0.1) is 6.58 Å². The second-order valence-electron chi connectivity index (χ2n) is 16.3. The average molecular weight is 707 g/mol. The van der Waals surface area contributed by atoms with Crippen molar-refractivity contribution in [2.45, 2.75) is 90.9 Å². The zero-order chi connectivity index (χ0) is 37.2. The van der Waals surface area contributed by atoms with E-state index in [4.69, 9.17) is 4.74 Å². The molecule has 3 aliphatic carbocycles. The lowest BCUT2D eigenvalue weighted by Crippen LogP contribution is -2.61. The van der Waals surface area contributed by atoms with E-state index in [1.165, 1.54) is 13.1 Å². The molecule has 3 fully saturated rings. The van der Waals surface area contributed by atoms with Crippen LogP contribution < -0.4 is 26.6 Å². The van der Waals surface area contributed by atoms with E-state index in [1.54, 1.807) is 4.90 Å². The van der Waals surface area contributed by atoms with Crippen molar-refractivity contribution in [1.29, 1.82) is 0 Å². The third kappa shape index (κ3) is 8.56. The average Bonchev–Trinajstić information content (AvgIpc) is 3.84. The van der Waals surface area contributed by atoms with Gasteiger partial charge in [0, 0.05) is 20.1 Å². The molecule has 13 heteroatoms. The second-order valence-corrected chi connectivity index (χ2v) is 16.3. The molecule has 1 aromatic rings. The number of ketones is 1. The summed E-state index contributed by atoms with van der Waals surface area (Å²) in [4.78, 5) is 82.0. The Morgan fingerprint density at radius 3 is 2.24 bits per heavy atom. The van der Waals surface area contributed by atoms with Crippen LogP contribution in [0, 0.1) is 34.5 Å². The van der Waals surface area contributed by atoms with Gasteiger partial charge in [0.25, 0.3) is 5.91 Å². The molecule has 0 bridgehead atoms. The second kappa shape index (κ2) is 15.1. The van der Waals surface area contributed by atoms with E-state index < -0.39 is 59.3 Å². The maximum Gasteiger partial charge on any atom is 0.406 e. The Labute approximate surface area is 300 Å². The molecule has 0 spiro atoms. The summed E-state index contributed by atoms with van der Waals surface area (Å²) in [6.07, 6.45) is 4.19. The first-order valence-corrected chi connectivity index (χ1v) is 18.1. The summed E-state index contributed by atoms with van der Waals surface area (Å²) in [6.45, 7) is 13.8. The molecule has 6 atom stereocenters. The van der Waals surface area contributed by atoms with Crippen molar-refractivity contribution in [3.63, 3.8) is 0 Å². The molecule has 1 unspecified atom stereocenters. The zero-order valence-electron chi connectivity index (χ0n) is 30.7. The van der Waals surface area contributed by atoms with Crippen molar-refractivity contribution in [1.82, 2.24) is 31.5 Å². The molecule has 2 saturated carbocycles. The Balaban J connectivity index is 1.38. The number of likely N-dealkylation sites (tertiary alicyclic amines) is 1. The van der Waals surface area contributed by atoms with Crippen LogP contribution in [0.15, 0.2) is 36.9 Å². The van der Waals surface area contributed by atoms with Crippen LogP contribution in [-0.2, 0) is 36.8 Å². The minimum Gasteiger partial charge on any atom is -0.447 e. The van der Waals surface area contributed by atoms with Crippen molar-refractivity contribution in [2.24, 2.45) is 34.5 Å². The number of rotatable bonds is 14. The Hall–Kier alpha value is -4.42. The number of carbonyl (C=O) groups is 6. The topological polar surface area (TPSA) is 175 Å². The monoisotopic (exact) mass is 706 g/mol. The van der Waals surface area contributed by atoms with E-state index in [9.17, 15) is 28.8 Å². The van der Waals surface area contributed by atoms with Crippen LogP contribution in [0.1, 0.15) is 65.0 Å². The van der Waals surface area contributed by atoms with Crippen LogP contribution in [0.5, 0.6) is 0 Å². The van der Waals surface area contributed by atoms with Crippen LogP contribution in [0.25, 0.3) is 0 Å². The highest BCUT2D eigenvalue weighted by Crippen LogP contribution is 2.65. The number of ether oxygens (including phenoxy) is 1. The standard InChI is InChI=1S/C38H54N6O7/c1-8-15-40-33(47)31(45)26(16-21-13-14-21)41-32(46)30-28-25(38(28,5)6)19-44(30)34(48)29(24-17-22-11-9-10-12-23(22)18-24)43-35(49)42-27(37(2,3)4)20-51-36(50)39-7/h8-12,21,24-30H,1,13-20H2,2-7H3,(H,39,50)(H,40,47)(H,41,46)(H2,42,43,49)/t25-,26?,27+,28-,29-,30-/m0/s1. The quantitative estimate of drug-likeness (QED) is 0.146. The van der Waals surface area contributed by atoms with Gasteiger partial charge in [0.2, 0.25) is 17.6 Å². The lowest BCUT2D eigenvalue weighted by molar-refractivity contribution is -0.144. The Kier molecular flexibility index (Phi) is 11.2. The molecule has 5 N–H and O–H groups in total. The van der Waals surface area contributed by atoms with Gasteiger partial charge in [-0.2, -0.15) is 0 Å². The fraction of sp³-hybridized carbons (Fsp3) is 0.632. The summed E-state index contributed by atoms with van der Waals surface area (Å²) in [5.74, 6) is -2.44. The van der Waals surface area contributed by atoms with Crippen LogP contribution in [0.3, 0.4) is 0 Å². The van der Waals surface area contributed by atoms with Crippen LogP contribution in [0.2, 0.25) is 0 Å². The molecular weight excluding hydrogens is 652 g/mol. The van der Waals surface area contributed by atoms with Gasteiger partial charge in [0.15, 0.2) is 0 Å². The molecular formula is C38H54N6O7. The van der Waals surface area contributed by atoms with Gasteiger partial charge in [0.1, 0.15) is 18.7 Å². The summed E-state index contributed by atoms with van der Waals surface area (Å²) in [7, 11) is 1.45. The summed E-state index contributed by atoms with van der Waals surface area (Å²) in [5.41, 5.74) is 1.51. The van der Waals surface area contributed by atoms with Gasteiger partial charge >= 0.3 is 12.1 Å². The number of urea groups is 1. The highest BCUT2D eigenvalue weighted by Gasteiger charge is 2.70. The number of carbonyl (C=O) groups excluding carboxylic acids is 6. The lowest BCUT2D eigenvalue weighted by atomic mass is 9.87. The number of hydrogen-bond donors (Lipinski definition) is 5. The highest BCUT2D eigenvalue weighted by molar-refractivity contribution is 6.38. The minimum absolute atomic E-state index is 0.0630. The van der Waals surface area contributed by atoms with Crippen LogP contribution in [-0.4, -0.2) is 91.4 Å². The predicted octanol–water partition coefficient (Wildman–Crippen LogP) is 2.48. The van der Waals surface area contributed by atoms with Crippen LogP contribution >= 0.6 is 0 Å². The molecule has 1 heterocycles. The summed E-state index contributed by atoms with van der Waals surface area (Å²) in [5, 5.41) is 13.7. The first-order chi connectivity index (χ1) is 24.1. The lowest BCUT2D eigenvalue weighted by Gasteiger charge is -2.36. The first-order valence-electron chi connectivity index (χ1n) is 18.1. The van der Waals surface area contributed by atoms with E-state index in [-0.39, 0.29) is 48.1 Å². The zero-order valence-corrected chi connectivity index (χ0v) is 30.7. The normalized spacial score (nSPS) is 23.4. The molecule has 0 aromatic heterocycles. The van der Waals surface area contributed by atoms with Gasteiger partial charge in [0.05, 0.1) is 12.1 Å². The van der Waals surface area contributed by atoms with Gasteiger partial charge in [-0.3, -0.25) is 19.2 Å². The van der Waals surface area contributed by atoms with E-state index in [2.05, 4.69) is 47.0 Å². The van der Waals surface area contributed by atoms with Crippen molar-refractivity contribution in [3.8, 4) is 0 Å². The molecule has 4 aliphatic rings. The van der Waals surface area contributed by atoms with Gasteiger partial charge in [-0.1, -0.05) is 77.8 Å². The van der Waals surface area contributed by atoms with Crippen LogP contribution in [0.4, 0.5) is 9.59 Å². The summed E-state index contributed by atoms with van der Waals surface area (Å²) in [6, 6.07) is 3.93. The first kappa shape index (κ1) is 37.8. The maximum absolute atomic E-state index is 14.8. The van der Waals surface area contributed by atoms with Crippen molar-refractivity contribution >= 4 is 35.6 Å². The number of amides is 6. The molecule has 51 heavy (non-hydrogen) atoms. The SMILES string of the molecule is C=CCNC(=O)C(=O)C(CC1CC1)NC(=O)[C@@H]1[C@@H]2[C@H](CN1C(=O)[C@@H](NC(=O)N[C@H](COC(=O)NC)C(C)(C)C)C1Cc3ccccc3C1)C2(C)C. The molecule has 5 rings (SSSR count). The number of nitrogens with one attached hydrogen (secondary N) is 5. The van der Waals surface area contributed by atoms with E-state index in [0.717, 1.165) is 24.0 Å². The third-order valence-corrected chi connectivity index (χ3v) is 11.3. The molecule has 1 saturated heterocycles. The molecule has 1 aliphatic heterocycles. The van der Waals surface area contributed by atoms with E-state index in [0.29, 0.717) is 25.8 Å². The Bertz CT molecular complexity index is 1520. The van der Waals surface area contributed by atoms with E-state index >= 15 is 0 Å². The summed E-state index contributed by atoms with van der Waals surface area (Å²) < 4.78 is 5.28. The number of piperidine rings is 1. The number of hydrogen-bond acceptors (Lipinski definition) is 7. The maximum atomic E-state index is 14.8. The number of Topliss-reactive ketones (excluding diaryl/α,β-unsaturated/α-hetero) is 1. The molecule has 278 valence electrons. The van der Waals surface area contributed by atoms with Gasteiger partial charge in [-0.05, 0) is 64.9 Å². The predicted molar refractivity (Wildman–Crippen MR) is 190 cm³/mol. The summed E-state index contributed by atoms with van der Waals surface area (Å²) >= 11 is 0. The fourth-order valence-corrected chi connectivity index (χ4v) is 7.87. The van der Waals surface area contributed by atoms with Crippen molar-refractivity contribution in [2.75, 3.05) is 26.7 Å². The van der Waals surface area contributed by atoms with E-state index in [1.807, 2.05) is 45.0 Å². The van der Waals surface area contributed by atoms with Gasteiger partial charge in [-0.25, -0.2) is 9.59 Å². The molecule has 13 nitrogen and oxygen atoms in total. The molecule has 6 amide bonds. The number of fused-ring (bicyclic) bond motifs is 2. The fourth-order valence-electron chi connectivity index (χ4n) is 7.87. The number of benzene rings is 1. The number of alkyl carbamates (subject to hydrolysis) is 1. The molecule has 1 aromatic carbocycles. The number of nitrogens with zero attached hydrogens (tertiary/aromatic N) is 1. The largest absolute Gasteiger partial charge is 0.447 e. The van der Waals surface area contributed by atoms with Crippen molar-refractivity contribution in [3.05, 3.63) is 48.0 Å².